The summed E-state index contributed by atoms with van der Waals surface area (Å²) in [5.74, 6) is -0.133. The van der Waals surface area contributed by atoms with Crippen LogP contribution in [-0.2, 0) is 15.8 Å². The lowest BCUT2D eigenvalue weighted by Gasteiger charge is -2.18. The molecule has 0 saturated heterocycles. The van der Waals surface area contributed by atoms with Crippen molar-refractivity contribution in [1.82, 2.24) is 4.72 Å². The summed E-state index contributed by atoms with van der Waals surface area (Å²) >= 11 is 0. The molecular weight excluding hydrogens is 294 g/mol. The van der Waals surface area contributed by atoms with Crippen molar-refractivity contribution in [3.05, 3.63) is 39.9 Å². The van der Waals surface area contributed by atoms with E-state index in [1.54, 1.807) is 6.07 Å². The molecule has 1 atom stereocenters. The van der Waals surface area contributed by atoms with Gasteiger partial charge in [-0.15, -0.1) is 0 Å². The summed E-state index contributed by atoms with van der Waals surface area (Å²) in [4.78, 5) is 10.3. The molecule has 1 aromatic rings. The molecule has 1 aromatic carbocycles. The number of nitrogens with zero attached hydrogens (tertiary/aromatic N) is 1. The molecule has 3 N–H and O–H groups in total. The Balaban J connectivity index is 2.88. The number of hydrogen-bond acceptors (Lipinski definition) is 5. The number of sulfonamides is 1. The maximum absolute atomic E-state index is 12.1. The van der Waals surface area contributed by atoms with Crippen LogP contribution in [0.15, 0.2) is 24.3 Å². The molecule has 0 radical (unpaired) electrons. The summed E-state index contributed by atoms with van der Waals surface area (Å²) in [6, 6.07) is 5.45. The molecule has 8 heteroatoms. The molecule has 0 aliphatic heterocycles. The predicted molar refractivity (Wildman–Crippen MR) is 81.2 cm³/mol. The lowest BCUT2D eigenvalue weighted by Crippen LogP contribution is -2.41. The van der Waals surface area contributed by atoms with Crippen LogP contribution in [0.2, 0.25) is 0 Å². The number of nitro benzene ring substituents is 1. The second-order valence-electron chi connectivity index (χ2n) is 5.32. The van der Waals surface area contributed by atoms with Crippen LogP contribution in [0.25, 0.3) is 0 Å². The first-order chi connectivity index (χ1) is 9.75. The van der Waals surface area contributed by atoms with E-state index in [1.807, 2.05) is 13.8 Å². The predicted octanol–water partition coefficient (Wildman–Crippen LogP) is 1.39. The van der Waals surface area contributed by atoms with Crippen molar-refractivity contribution in [2.45, 2.75) is 32.1 Å². The minimum atomic E-state index is -3.68. The minimum absolute atomic E-state index is 0.162. The summed E-state index contributed by atoms with van der Waals surface area (Å²) in [5, 5.41) is 10.9. The van der Waals surface area contributed by atoms with Gasteiger partial charge in [-0.2, -0.15) is 0 Å². The van der Waals surface area contributed by atoms with Gasteiger partial charge >= 0.3 is 0 Å². The van der Waals surface area contributed by atoms with Crippen LogP contribution in [-0.4, -0.2) is 25.9 Å². The largest absolute Gasteiger partial charge is 0.329 e. The fourth-order valence-electron chi connectivity index (χ4n) is 2.07. The molecule has 7 nitrogen and oxygen atoms in total. The van der Waals surface area contributed by atoms with Gasteiger partial charge < -0.3 is 5.73 Å². The maximum Gasteiger partial charge on any atom is 0.273 e. The SMILES string of the molecule is CC(C)CC(CN)NS(=O)(=O)Cc1ccccc1[N+](=O)[O-]. The molecule has 21 heavy (non-hydrogen) atoms. The molecule has 0 spiro atoms. The maximum atomic E-state index is 12.1. The molecule has 0 heterocycles. The standard InChI is InChI=1S/C13H21N3O4S/c1-10(2)7-12(8-14)15-21(19,20)9-11-5-3-4-6-13(11)16(17)18/h3-6,10,12,15H,7-9,14H2,1-2H3. The van der Waals surface area contributed by atoms with E-state index >= 15 is 0 Å². The number of benzene rings is 1. The zero-order valence-electron chi connectivity index (χ0n) is 12.2. The van der Waals surface area contributed by atoms with Gasteiger partial charge in [0.2, 0.25) is 10.0 Å². The number of hydrogen-bond donors (Lipinski definition) is 2. The van der Waals surface area contributed by atoms with Crippen molar-refractivity contribution in [3.8, 4) is 0 Å². The van der Waals surface area contributed by atoms with E-state index in [2.05, 4.69) is 4.72 Å². The topological polar surface area (TPSA) is 115 Å². The first-order valence-corrected chi connectivity index (χ1v) is 8.32. The van der Waals surface area contributed by atoms with Crippen molar-refractivity contribution in [2.24, 2.45) is 11.7 Å². The van der Waals surface area contributed by atoms with Gasteiger partial charge in [-0.1, -0.05) is 32.0 Å². The van der Waals surface area contributed by atoms with Gasteiger partial charge in [-0.25, -0.2) is 13.1 Å². The second-order valence-corrected chi connectivity index (χ2v) is 7.08. The molecule has 0 aromatic heterocycles. The quantitative estimate of drug-likeness (QED) is 0.555. The number of nitro groups is 1. The van der Waals surface area contributed by atoms with Gasteiger partial charge in [0, 0.05) is 24.2 Å². The summed E-state index contributed by atoms with van der Waals surface area (Å²) in [7, 11) is -3.68. The van der Waals surface area contributed by atoms with Crippen molar-refractivity contribution in [3.63, 3.8) is 0 Å². The molecule has 0 saturated carbocycles. The fraction of sp³-hybridized carbons (Fsp3) is 0.538. The third kappa shape index (κ3) is 5.78. The van der Waals surface area contributed by atoms with Crippen molar-refractivity contribution < 1.29 is 13.3 Å². The summed E-state index contributed by atoms with van der Waals surface area (Å²) in [6.45, 7) is 4.13. The van der Waals surface area contributed by atoms with E-state index in [9.17, 15) is 18.5 Å². The Morgan fingerprint density at radius 1 is 1.33 bits per heavy atom. The Morgan fingerprint density at radius 3 is 2.48 bits per heavy atom. The highest BCUT2D eigenvalue weighted by molar-refractivity contribution is 7.88. The Hall–Kier alpha value is -1.51. The van der Waals surface area contributed by atoms with Crippen molar-refractivity contribution >= 4 is 15.7 Å². The van der Waals surface area contributed by atoms with Gasteiger partial charge in [-0.05, 0) is 12.3 Å². The number of nitrogens with one attached hydrogen (secondary N) is 1. The average Bonchev–Trinajstić information content (AvgIpc) is 2.36. The lowest BCUT2D eigenvalue weighted by molar-refractivity contribution is -0.385. The lowest BCUT2D eigenvalue weighted by atomic mass is 10.1. The Bertz CT molecular complexity index is 587. The number of nitrogens with two attached hydrogens (primary N) is 1. The van der Waals surface area contributed by atoms with E-state index in [4.69, 9.17) is 5.73 Å². The summed E-state index contributed by atoms with van der Waals surface area (Å²) < 4.78 is 26.8. The Morgan fingerprint density at radius 2 is 1.95 bits per heavy atom. The first-order valence-electron chi connectivity index (χ1n) is 6.67. The molecule has 0 aliphatic carbocycles. The van der Waals surface area contributed by atoms with Crippen molar-refractivity contribution in [1.29, 1.82) is 0 Å². The zero-order chi connectivity index (χ0) is 16.0. The van der Waals surface area contributed by atoms with Gasteiger partial charge in [0.1, 0.15) is 0 Å². The van der Waals surface area contributed by atoms with Crippen LogP contribution in [0.3, 0.4) is 0 Å². The Kier molecular flexibility index (Phi) is 6.25. The van der Waals surface area contributed by atoms with Gasteiger partial charge in [0.15, 0.2) is 0 Å². The summed E-state index contributed by atoms with van der Waals surface area (Å²) in [6.07, 6.45) is 0.618. The molecular formula is C13H21N3O4S. The normalized spacial score (nSPS) is 13.3. The van der Waals surface area contributed by atoms with Crippen molar-refractivity contribution in [2.75, 3.05) is 6.54 Å². The molecule has 1 rings (SSSR count). The number of rotatable bonds is 8. The number of para-hydroxylation sites is 1. The molecule has 0 amide bonds. The molecule has 1 unspecified atom stereocenters. The van der Waals surface area contributed by atoms with Gasteiger partial charge in [0.05, 0.1) is 10.7 Å². The molecule has 118 valence electrons. The first kappa shape index (κ1) is 17.5. The van der Waals surface area contributed by atoms with E-state index in [-0.39, 0.29) is 23.8 Å². The van der Waals surface area contributed by atoms with Crippen LogP contribution in [0.1, 0.15) is 25.8 Å². The highest BCUT2D eigenvalue weighted by atomic mass is 32.2. The van der Waals surface area contributed by atoms with E-state index in [0.717, 1.165) is 0 Å². The zero-order valence-corrected chi connectivity index (χ0v) is 13.0. The third-order valence-corrected chi connectivity index (χ3v) is 4.30. The van der Waals surface area contributed by atoms with E-state index in [0.29, 0.717) is 12.3 Å². The highest BCUT2D eigenvalue weighted by Gasteiger charge is 2.22. The average molecular weight is 315 g/mol. The summed E-state index contributed by atoms with van der Waals surface area (Å²) in [5.41, 5.74) is 5.53. The fourth-order valence-corrected chi connectivity index (χ4v) is 3.51. The van der Waals surface area contributed by atoms with Crippen LogP contribution >= 0.6 is 0 Å². The minimum Gasteiger partial charge on any atom is -0.329 e. The van der Waals surface area contributed by atoms with Gasteiger partial charge in [-0.3, -0.25) is 10.1 Å². The Labute approximate surface area is 124 Å². The molecule has 0 bridgehead atoms. The van der Waals surface area contributed by atoms with Gasteiger partial charge in [0.25, 0.3) is 5.69 Å². The van der Waals surface area contributed by atoms with Crippen LogP contribution in [0.5, 0.6) is 0 Å². The van der Waals surface area contributed by atoms with E-state index < -0.39 is 20.7 Å². The monoisotopic (exact) mass is 315 g/mol. The third-order valence-electron chi connectivity index (χ3n) is 2.92. The smallest absolute Gasteiger partial charge is 0.273 e. The highest BCUT2D eigenvalue weighted by Crippen LogP contribution is 2.20. The van der Waals surface area contributed by atoms with E-state index in [1.165, 1.54) is 18.2 Å². The van der Waals surface area contributed by atoms with Crippen LogP contribution in [0.4, 0.5) is 5.69 Å². The molecule has 0 fully saturated rings. The van der Waals surface area contributed by atoms with Crippen LogP contribution in [0, 0.1) is 16.0 Å². The second kappa shape index (κ2) is 7.48. The van der Waals surface area contributed by atoms with Crippen LogP contribution < -0.4 is 10.5 Å². The molecule has 0 aliphatic rings.